The molecule has 0 unspecified atom stereocenters. The molecule has 1 amide bonds. The minimum Gasteiger partial charge on any atom is -0.344 e. The highest BCUT2D eigenvalue weighted by molar-refractivity contribution is 7.89. The van der Waals surface area contributed by atoms with Gasteiger partial charge in [0.2, 0.25) is 10.0 Å². The van der Waals surface area contributed by atoms with Gasteiger partial charge in [-0.25, -0.2) is 17.5 Å². The van der Waals surface area contributed by atoms with Crippen molar-refractivity contribution in [3.05, 3.63) is 46.0 Å². The van der Waals surface area contributed by atoms with Crippen molar-refractivity contribution in [2.24, 2.45) is 7.05 Å². The first-order valence-corrected chi connectivity index (χ1v) is 9.71. The zero-order chi connectivity index (χ0) is 19.9. The molecular formula is C16H18Cl2FN3O3S. The molecule has 0 spiro atoms. The van der Waals surface area contributed by atoms with Crippen LogP contribution in [0.4, 0.5) is 10.1 Å². The van der Waals surface area contributed by atoms with Crippen molar-refractivity contribution in [1.29, 1.82) is 0 Å². The molecule has 2 N–H and O–H groups in total. The highest BCUT2D eigenvalue weighted by atomic mass is 35.5. The number of carbonyl (C=O) groups excluding carboxylic acids is 1. The lowest BCUT2D eigenvalue weighted by molar-refractivity contribution is 0.101. The molecular weight excluding hydrogens is 404 g/mol. The molecule has 1 heterocycles. The van der Waals surface area contributed by atoms with Crippen LogP contribution in [0.2, 0.25) is 10.0 Å². The van der Waals surface area contributed by atoms with Crippen molar-refractivity contribution in [3.63, 3.8) is 0 Å². The minimum atomic E-state index is -3.92. The highest BCUT2D eigenvalue weighted by Gasteiger charge is 2.29. The molecule has 0 radical (unpaired) electrons. The zero-order valence-corrected chi connectivity index (χ0v) is 16.9. The van der Waals surface area contributed by atoms with Gasteiger partial charge in [0.25, 0.3) is 5.91 Å². The van der Waals surface area contributed by atoms with Gasteiger partial charge < -0.3 is 9.88 Å². The fourth-order valence-electron chi connectivity index (χ4n) is 2.24. The number of carbonyl (C=O) groups is 1. The predicted molar refractivity (Wildman–Crippen MR) is 99.9 cm³/mol. The van der Waals surface area contributed by atoms with E-state index in [1.54, 1.807) is 20.8 Å². The van der Waals surface area contributed by atoms with E-state index in [1.807, 2.05) is 0 Å². The average molecular weight is 422 g/mol. The van der Waals surface area contributed by atoms with Crippen LogP contribution in [0.25, 0.3) is 0 Å². The number of nitrogens with one attached hydrogen (secondary N) is 2. The summed E-state index contributed by atoms with van der Waals surface area (Å²) in [5.74, 6) is -1.28. The fourth-order valence-corrected chi connectivity index (χ4v) is 4.54. The number of halogens is 3. The summed E-state index contributed by atoms with van der Waals surface area (Å²) >= 11 is 11.9. The van der Waals surface area contributed by atoms with Crippen molar-refractivity contribution in [3.8, 4) is 0 Å². The molecule has 1 aromatic carbocycles. The van der Waals surface area contributed by atoms with Gasteiger partial charge in [0.05, 0.1) is 10.0 Å². The lowest BCUT2D eigenvalue weighted by Gasteiger charge is -2.19. The summed E-state index contributed by atoms with van der Waals surface area (Å²) in [5, 5.41) is 2.14. The van der Waals surface area contributed by atoms with Crippen LogP contribution in [0.3, 0.4) is 0 Å². The van der Waals surface area contributed by atoms with E-state index in [-0.39, 0.29) is 26.3 Å². The van der Waals surface area contributed by atoms with Crippen molar-refractivity contribution in [1.82, 2.24) is 9.29 Å². The van der Waals surface area contributed by atoms with Gasteiger partial charge in [0.15, 0.2) is 0 Å². The Balaban J connectivity index is 2.37. The topological polar surface area (TPSA) is 80.2 Å². The van der Waals surface area contributed by atoms with Crippen LogP contribution in [0.15, 0.2) is 29.3 Å². The van der Waals surface area contributed by atoms with E-state index in [2.05, 4.69) is 10.0 Å². The number of nitrogens with zero attached hydrogens (tertiary/aromatic N) is 1. The fraction of sp³-hybridized carbons (Fsp3) is 0.312. The third-order valence-corrected chi connectivity index (χ3v) is 5.76. The molecule has 142 valence electrons. The minimum absolute atomic E-state index is 0.0543. The molecule has 0 saturated heterocycles. The molecule has 0 aliphatic carbocycles. The van der Waals surface area contributed by atoms with Gasteiger partial charge in [-0.3, -0.25) is 4.79 Å². The van der Waals surface area contributed by atoms with E-state index in [0.29, 0.717) is 0 Å². The molecule has 0 atom stereocenters. The zero-order valence-electron chi connectivity index (χ0n) is 14.5. The SMILES string of the molecule is Cn1cc(S(=O)(=O)NC(C)(C)C)c(Cl)c1C(=O)Nc1ccc(F)c(Cl)c1. The van der Waals surface area contributed by atoms with Crippen LogP contribution in [0.1, 0.15) is 31.3 Å². The first-order valence-electron chi connectivity index (χ1n) is 7.47. The van der Waals surface area contributed by atoms with Gasteiger partial charge >= 0.3 is 0 Å². The Hall–Kier alpha value is -1.61. The maximum absolute atomic E-state index is 13.2. The van der Waals surface area contributed by atoms with Gasteiger partial charge in [0, 0.05) is 24.5 Å². The summed E-state index contributed by atoms with van der Waals surface area (Å²) in [6.07, 6.45) is 1.25. The Bertz CT molecular complexity index is 966. The Kier molecular flexibility index (Phi) is 5.72. The number of amides is 1. The molecule has 0 aliphatic rings. The summed E-state index contributed by atoms with van der Waals surface area (Å²) in [4.78, 5) is 12.3. The Morgan fingerprint density at radius 1 is 1.23 bits per heavy atom. The third kappa shape index (κ3) is 4.56. The average Bonchev–Trinajstić information content (AvgIpc) is 2.76. The monoisotopic (exact) mass is 421 g/mol. The van der Waals surface area contributed by atoms with Gasteiger partial charge in [-0.15, -0.1) is 0 Å². The second-order valence-electron chi connectivity index (χ2n) is 6.71. The van der Waals surface area contributed by atoms with Gasteiger partial charge in [-0.05, 0) is 39.0 Å². The number of sulfonamides is 1. The largest absolute Gasteiger partial charge is 0.344 e. The van der Waals surface area contributed by atoms with Crippen LogP contribution in [-0.2, 0) is 17.1 Å². The molecule has 0 aliphatic heterocycles. The molecule has 0 fully saturated rings. The van der Waals surface area contributed by atoms with E-state index in [1.165, 1.54) is 29.9 Å². The normalized spacial score (nSPS) is 12.3. The Labute approximate surface area is 161 Å². The number of hydrogen-bond donors (Lipinski definition) is 2. The van der Waals surface area contributed by atoms with Crippen molar-refractivity contribution < 1.29 is 17.6 Å². The Morgan fingerprint density at radius 3 is 2.38 bits per heavy atom. The number of aryl methyl sites for hydroxylation is 1. The molecule has 1 aromatic heterocycles. The van der Waals surface area contributed by atoms with Gasteiger partial charge in [0.1, 0.15) is 16.4 Å². The summed E-state index contributed by atoms with van der Waals surface area (Å²) in [7, 11) is -2.43. The molecule has 2 rings (SSSR count). The molecule has 26 heavy (non-hydrogen) atoms. The highest BCUT2D eigenvalue weighted by Crippen LogP contribution is 2.29. The van der Waals surface area contributed by atoms with E-state index >= 15 is 0 Å². The van der Waals surface area contributed by atoms with E-state index < -0.39 is 27.3 Å². The first-order chi connectivity index (χ1) is 11.8. The standard InChI is InChI=1S/C16H18Cl2FN3O3S/c1-16(2,3)21-26(24,25)12-8-22(4)14(13(12)18)15(23)20-9-5-6-11(19)10(17)7-9/h5-8,21H,1-4H3,(H,20,23). The number of hydrogen-bond acceptors (Lipinski definition) is 3. The predicted octanol–water partition coefficient (Wildman–Crippen LogP) is 3.80. The molecule has 10 heteroatoms. The maximum Gasteiger partial charge on any atom is 0.273 e. The molecule has 0 saturated carbocycles. The third-order valence-electron chi connectivity index (χ3n) is 3.21. The summed E-state index contributed by atoms with van der Waals surface area (Å²) in [6.45, 7) is 5.06. The summed E-state index contributed by atoms with van der Waals surface area (Å²) < 4.78 is 42.0. The van der Waals surface area contributed by atoms with Crippen LogP contribution in [0.5, 0.6) is 0 Å². The van der Waals surface area contributed by atoms with Crippen LogP contribution >= 0.6 is 23.2 Å². The second kappa shape index (κ2) is 7.19. The first kappa shape index (κ1) is 20.7. The van der Waals surface area contributed by atoms with Gasteiger partial charge in [-0.2, -0.15) is 0 Å². The summed E-state index contributed by atoms with van der Waals surface area (Å²) in [6, 6.07) is 3.67. The molecule has 2 aromatic rings. The number of anilines is 1. The smallest absolute Gasteiger partial charge is 0.273 e. The Morgan fingerprint density at radius 2 is 1.85 bits per heavy atom. The van der Waals surface area contributed by atoms with Crippen LogP contribution < -0.4 is 10.0 Å². The number of rotatable bonds is 4. The number of aromatic nitrogens is 1. The van der Waals surface area contributed by atoms with Gasteiger partial charge in [-0.1, -0.05) is 23.2 Å². The quantitative estimate of drug-likeness (QED) is 0.787. The molecule has 0 bridgehead atoms. The van der Waals surface area contributed by atoms with E-state index in [4.69, 9.17) is 23.2 Å². The second-order valence-corrected chi connectivity index (χ2v) is 9.14. The maximum atomic E-state index is 13.2. The molecule has 6 nitrogen and oxygen atoms in total. The van der Waals surface area contributed by atoms with E-state index in [0.717, 1.165) is 6.07 Å². The van der Waals surface area contributed by atoms with Crippen LogP contribution in [-0.4, -0.2) is 24.4 Å². The lowest BCUT2D eigenvalue weighted by atomic mass is 10.1. The number of benzene rings is 1. The van der Waals surface area contributed by atoms with Crippen molar-refractivity contribution in [2.75, 3.05) is 5.32 Å². The van der Waals surface area contributed by atoms with E-state index in [9.17, 15) is 17.6 Å². The van der Waals surface area contributed by atoms with Crippen LogP contribution in [0, 0.1) is 5.82 Å². The lowest BCUT2D eigenvalue weighted by Crippen LogP contribution is -2.40. The summed E-state index contributed by atoms with van der Waals surface area (Å²) in [5.41, 5.74) is -0.525. The van der Waals surface area contributed by atoms with Crippen molar-refractivity contribution >= 4 is 44.8 Å². The van der Waals surface area contributed by atoms with Crippen molar-refractivity contribution in [2.45, 2.75) is 31.2 Å².